The van der Waals surface area contributed by atoms with Crippen molar-refractivity contribution in [3.05, 3.63) is 0 Å². The number of ether oxygens (including phenoxy) is 1. The molecule has 5 nitrogen and oxygen atoms in total. The molecule has 112 valence electrons. The Hall–Kier alpha value is -1.25. The fourth-order valence-corrected chi connectivity index (χ4v) is 2.73. The number of β-amino-alcohol motifs (C(OH)–C–C–N with tert-alkyl or cyclic N) is 1. The second kappa shape index (κ2) is 5.63. The van der Waals surface area contributed by atoms with Gasteiger partial charge in [-0.1, -0.05) is 0 Å². The van der Waals surface area contributed by atoms with Crippen molar-refractivity contribution >= 4 is 6.09 Å². The highest BCUT2D eigenvalue weighted by atomic mass is 16.6. The van der Waals surface area contributed by atoms with Gasteiger partial charge in [-0.15, -0.1) is 12.3 Å². The molecule has 20 heavy (non-hydrogen) atoms. The van der Waals surface area contributed by atoms with Crippen LogP contribution in [0.5, 0.6) is 0 Å². The largest absolute Gasteiger partial charge is 0.444 e. The number of terminal acetylenes is 1. The lowest BCUT2D eigenvalue weighted by molar-refractivity contribution is -0.0521. The van der Waals surface area contributed by atoms with Crippen molar-refractivity contribution in [2.24, 2.45) is 5.92 Å². The van der Waals surface area contributed by atoms with Crippen LogP contribution >= 0.6 is 0 Å². The van der Waals surface area contributed by atoms with E-state index in [2.05, 4.69) is 10.8 Å². The zero-order valence-electron chi connectivity index (χ0n) is 12.5. The molecule has 0 aromatic carbocycles. The summed E-state index contributed by atoms with van der Waals surface area (Å²) in [5, 5.41) is 10.2. The molecule has 5 heteroatoms. The first-order valence-corrected chi connectivity index (χ1v) is 7.16. The molecule has 0 saturated carbocycles. The number of carbonyl (C=O) groups is 1. The molecular formula is C15H24N2O3. The summed E-state index contributed by atoms with van der Waals surface area (Å²) < 4.78 is 5.33. The maximum Gasteiger partial charge on any atom is 0.410 e. The number of rotatable bonds is 1. The van der Waals surface area contributed by atoms with Crippen LogP contribution in [0.25, 0.3) is 0 Å². The zero-order valence-corrected chi connectivity index (χ0v) is 12.5. The van der Waals surface area contributed by atoms with Crippen molar-refractivity contribution in [3.63, 3.8) is 0 Å². The number of piperidine rings is 1. The van der Waals surface area contributed by atoms with E-state index in [1.165, 1.54) is 0 Å². The second-order valence-electron chi connectivity index (χ2n) is 6.67. The van der Waals surface area contributed by atoms with E-state index in [4.69, 9.17) is 11.2 Å². The smallest absolute Gasteiger partial charge is 0.410 e. The summed E-state index contributed by atoms with van der Waals surface area (Å²) in [5.41, 5.74) is -0.504. The number of hydrogen-bond donors (Lipinski definition) is 1. The Labute approximate surface area is 120 Å². The van der Waals surface area contributed by atoms with Gasteiger partial charge in [0.25, 0.3) is 0 Å². The molecule has 2 heterocycles. The van der Waals surface area contributed by atoms with Gasteiger partial charge in [-0.05, 0) is 27.2 Å². The van der Waals surface area contributed by atoms with Gasteiger partial charge in [-0.3, -0.25) is 4.90 Å². The monoisotopic (exact) mass is 280 g/mol. The van der Waals surface area contributed by atoms with Gasteiger partial charge >= 0.3 is 6.09 Å². The van der Waals surface area contributed by atoms with Crippen LogP contribution in [0.4, 0.5) is 4.79 Å². The van der Waals surface area contributed by atoms with E-state index < -0.39 is 11.7 Å². The predicted molar refractivity (Wildman–Crippen MR) is 76.1 cm³/mol. The van der Waals surface area contributed by atoms with Crippen LogP contribution in [0.15, 0.2) is 0 Å². The van der Waals surface area contributed by atoms with Gasteiger partial charge < -0.3 is 14.7 Å². The van der Waals surface area contributed by atoms with Crippen LogP contribution in [-0.4, -0.2) is 64.9 Å². The van der Waals surface area contributed by atoms with Gasteiger partial charge in [0, 0.05) is 31.6 Å². The highest BCUT2D eigenvalue weighted by molar-refractivity contribution is 5.68. The first-order chi connectivity index (χ1) is 9.30. The SMILES string of the molecule is C#CC1CN(C2CCN(C(=O)OC(C)(C)C)CC2O)C1. The highest BCUT2D eigenvalue weighted by Gasteiger charge is 2.39. The summed E-state index contributed by atoms with van der Waals surface area (Å²) in [6.07, 6.45) is 5.25. The first-order valence-electron chi connectivity index (χ1n) is 7.16. The molecular weight excluding hydrogens is 256 g/mol. The summed E-state index contributed by atoms with van der Waals surface area (Å²) >= 11 is 0. The minimum absolute atomic E-state index is 0.110. The van der Waals surface area contributed by atoms with E-state index in [9.17, 15) is 9.90 Å². The van der Waals surface area contributed by atoms with Crippen molar-refractivity contribution in [3.8, 4) is 12.3 Å². The summed E-state index contributed by atoms with van der Waals surface area (Å²) in [5.74, 6) is 3.04. The van der Waals surface area contributed by atoms with Crippen molar-refractivity contribution in [1.82, 2.24) is 9.80 Å². The van der Waals surface area contributed by atoms with E-state index in [0.29, 0.717) is 19.0 Å². The standard InChI is InChI=1S/C15H24N2O3/c1-5-11-8-17(9-11)12-6-7-16(10-13(12)18)14(19)20-15(2,3)4/h1,11-13,18H,6-10H2,2-4H3. The third kappa shape index (κ3) is 3.44. The summed E-state index contributed by atoms with van der Waals surface area (Å²) in [4.78, 5) is 15.8. The number of nitrogens with zero attached hydrogens (tertiary/aromatic N) is 2. The normalized spacial score (nSPS) is 28.6. The Balaban J connectivity index is 1.84. The quantitative estimate of drug-likeness (QED) is 0.726. The molecule has 0 bridgehead atoms. The molecule has 0 radical (unpaired) electrons. The molecule has 2 rings (SSSR count). The second-order valence-corrected chi connectivity index (χ2v) is 6.67. The third-order valence-corrected chi connectivity index (χ3v) is 3.81. The minimum Gasteiger partial charge on any atom is -0.444 e. The lowest BCUT2D eigenvalue weighted by Crippen LogP contribution is -2.61. The fraction of sp³-hybridized carbons (Fsp3) is 0.800. The van der Waals surface area contributed by atoms with Gasteiger partial charge in [0.1, 0.15) is 5.60 Å². The number of carbonyl (C=O) groups excluding carboxylic acids is 1. The van der Waals surface area contributed by atoms with Crippen molar-refractivity contribution in [2.75, 3.05) is 26.2 Å². The average molecular weight is 280 g/mol. The lowest BCUT2D eigenvalue weighted by atomic mass is 9.92. The van der Waals surface area contributed by atoms with Crippen LogP contribution in [0, 0.1) is 18.3 Å². The molecule has 2 aliphatic rings. The van der Waals surface area contributed by atoms with E-state index in [1.807, 2.05) is 20.8 Å². The summed E-state index contributed by atoms with van der Waals surface area (Å²) in [6, 6.07) is 0.110. The Morgan fingerprint density at radius 2 is 2.00 bits per heavy atom. The Bertz CT molecular complexity index is 404. The molecule has 2 aliphatic heterocycles. The van der Waals surface area contributed by atoms with E-state index >= 15 is 0 Å². The third-order valence-electron chi connectivity index (χ3n) is 3.81. The van der Waals surface area contributed by atoms with Gasteiger partial charge in [0.2, 0.25) is 0 Å². The molecule has 0 aliphatic carbocycles. The summed E-state index contributed by atoms with van der Waals surface area (Å²) in [6.45, 7) is 8.18. The number of hydrogen-bond acceptors (Lipinski definition) is 4. The lowest BCUT2D eigenvalue weighted by Gasteiger charge is -2.47. The fourth-order valence-electron chi connectivity index (χ4n) is 2.73. The average Bonchev–Trinajstić information content (AvgIpc) is 2.27. The maximum absolute atomic E-state index is 12.0. The molecule has 2 unspecified atom stereocenters. The molecule has 2 atom stereocenters. The van der Waals surface area contributed by atoms with E-state index in [0.717, 1.165) is 19.5 Å². The molecule has 0 aromatic rings. The number of aliphatic hydroxyl groups is 1. The number of amides is 1. The molecule has 0 spiro atoms. The molecule has 0 aromatic heterocycles. The van der Waals surface area contributed by atoms with Gasteiger partial charge in [-0.25, -0.2) is 4.79 Å². The van der Waals surface area contributed by atoms with Gasteiger partial charge in [0.15, 0.2) is 0 Å². The van der Waals surface area contributed by atoms with Crippen LogP contribution in [-0.2, 0) is 4.74 Å². The van der Waals surface area contributed by atoms with Crippen molar-refractivity contribution in [2.45, 2.75) is 44.9 Å². The molecule has 2 saturated heterocycles. The van der Waals surface area contributed by atoms with Gasteiger partial charge in [-0.2, -0.15) is 0 Å². The molecule has 1 N–H and O–H groups in total. The zero-order chi connectivity index (χ0) is 14.9. The Kier molecular flexibility index (Phi) is 4.26. The number of likely N-dealkylation sites (tertiary alicyclic amines) is 2. The number of aliphatic hydroxyl groups excluding tert-OH is 1. The van der Waals surface area contributed by atoms with Gasteiger partial charge in [0.05, 0.1) is 12.6 Å². The van der Waals surface area contributed by atoms with E-state index in [1.54, 1.807) is 4.90 Å². The topological polar surface area (TPSA) is 53.0 Å². The first kappa shape index (κ1) is 15.1. The van der Waals surface area contributed by atoms with Crippen LogP contribution in [0.2, 0.25) is 0 Å². The minimum atomic E-state index is -0.532. The Morgan fingerprint density at radius 3 is 2.50 bits per heavy atom. The Morgan fingerprint density at radius 1 is 1.35 bits per heavy atom. The van der Waals surface area contributed by atoms with Crippen molar-refractivity contribution < 1.29 is 14.6 Å². The highest BCUT2D eigenvalue weighted by Crippen LogP contribution is 2.25. The molecule has 2 fully saturated rings. The van der Waals surface area contributed by atoms with E-state index in [-0.39, 0.29) is 12.1 Å². The predicted octanol–water partition coefficient (Wildman–Crippen LogP) is 0.922. The summed E-state index contributed by atoms with van der Waals surface area (Å²) in [7, 11) is 0. The van der Waals surface area contributed by atoms with Crippen molar-refractivity contribution in [1.29, 1.82) is 0 Å². The van der Waals surface area contributed by atoms with Crippen LogP contribution < -0.4 is 0 Å². The van der Waals surface area contributed by atoms with Crippen LogP contribution in [0.3, 0.4) is 0 Å². The maximum atomic E-state index is 12.0. The van der Waals surface area contributed by atoms with Crippen LogP contribution in [0.1, 0.15) is 27.2 Å². The molecule has 1 amide bonds.